The summed E-state index contributed by atoms with van der Waals surface area (Å²) in [5, 5.41) is 0. The molecule has 4 heteroatoms. The van der Waals surface area contributed by atoms with Crippen molar-refractivity contribution in [1.82, 2.24) is 9.55 Å². The Kier molecular flexibility index (Phi) is 7.66. The van der Waals surface area contributed by atoms with Gasteiger partial charge in [-0.05, 0) is 54.3 Å². The fourth-order valence-electron chi connectivity index (χ4n) is 4.84. The molecule has 5 aromatic rings. The van der Waals surface area contributed by atoms with E-state index in [1.807, 2.05) is 37.3 Å². The monoisotopic (exact) mass is 488 g/mol. The summed E-state index contributed by atoms with van der Waals surface area (Å²) in [6.45, 7) is 3.38. The molecule has 5 rings (SSSR count). The Morgan fingerprint density at radius 3 is 2.16 bits per heavy atom. The molecule has 0 radical (unpaired) electrons. The Balaban J connectivity index is 1.43. The topological polar surface area (TPSA) is 36.3 Å². The summed E-state index contributed by atoms with van der Waals surface area (Å²) in [6.07, 6.45) is 4.90. The number of aromatic nitrogens is 2. The first kappa shape index (κ1) is 24.4. The van der Waals surface area contributed by atoms with Gasteiger partial charge in [-0.1, -0.05) is 91.0 Å². The highest BCUT2D eigenvalue weighted by Crippen LogP contribution is 2.34. The van der Waals surface area contributed by atoms with E-state index in [4.69, 9.17) is 14.5 Å². The molecule has 37 heavy (non-hydrogen) atoms. The summed E-state index contributed by atoms with van der Waals surface area (Å²) in [4.78, 5) is 5.15. The van der Waals surface area contributed by atoms with Gasteiger partial charge in [0.15, 0.2) is 11.5 Å². The van der Waals surface area contributed by atoms with Crippen molar-refractivity contribution in [2.45, 2.75) is 25.8 Å². The maximum atomic E-state index is 6.16. The molecule has 0 saturated carbocycles. The molecule has 1 aromatic heterocycles. The number of rotatable bonds is 10. The lowest BCUT2D eigenvalue weighted by atomic mass is 9.90. The molecular formula is C33H32N2O2. The van der Waals surface area contributed by atoms with Crippen LogP contribution in [0, 0.1) is 0 Å². The quantitative estimate of drug-likeness (QED) is 0.189. The zero-order chi connectivity index (χ0) is 25.5. The van der Waals surface area contributed by atoms with Gasteiger partial charge in [-0.25, -0.2) is 4.98 Å². The number of para-hydroxylation sites is 2. The number of hydrogen-bond acceptors (Lipinski definition) is 3. The summed E-state index contributed by atoms with van der Waals surface area (Å²) in [6, 6.07) is 35.7. The molecule has 0 bridgehead atoms. The molecule has 4 nitrogen and oxygen atoms in total. The maximum absolute atomic E-state index is 6.16. The second-order valence-corrected chi connectivity index (χ2v) is 8.98. The third-order valence-corrected chi connectivity index (χ3v) is 6.54. The van der Waals surface area contributed by atoms with Crippen LogP contribution >= 0.6 is 0 Å². The highest BCUT2D eigenvalue weighted by atomic mass is 16.5. The summed E-state index contributed by atoms with van der Waals surface area (Å²) in [5.74, 6) is 2.59. The lowest BCUT2D eigenvalue weighted by Gasteiger charge is -2.20. The largest absolute Gasteiger partial charge is 0.493 e. The number of ether oxygens (including phenoxy) is 2. The van der Waals surface area contributed by atoms with E-state index in [0.29, 0.717) is 6.61 Å². The third kappa shape index (κ3) is 5.44. The number of allylic oxidation sites excluding steroid dienone is 1. The lowest BCUT2D eigenvalue weighted by molar-refractivity contribution is 0.282. The average molecular weight is 489 g/mol. The third-order valence-electron chi connectivity index (χ3n) is 6.54. The van der Waals surface area contributed by atoms with Crippen molar-refractivity contribution in [2.24, 2.45) is 0 Å². The van der Waals surface area contributed by atoms with Crippen LogP contribution in [0.3, 0.4) is 0 Å². The molecule has 0 amide bonds. The van der Waals surface area contributed by atoms with Gasteiger partial charge in [0.05, 0.1) is 30.7 Å². The van der Waals surface area contributed by atoms with Crippen LogP contribution in [-0.2, 0) is 6.54 Å². The van der Waals surface area contributed by atoms with Crippen LogP contribution < -0.4 is 9.47 Å². The van der Waals surface area contributed by atoms with E-state index in [1.54, 1.807) is 7.11 Å². The van der Waals surface area contributed by atoms with Gasteiger partial charge in [0.1, 0.15) is 5.82 Å². The molecule has 0 aliphatic carbocycles. The molecular weight excluding hydrogens is 456 g/mol. The Bertz CT molecular complexity index is 1430. The fourth-order valence-corrected chi connectivity index (χ4v) is 4.84. The van der Waals surface area contributed by atoms with Gasteiger partial charge in [-0.2, -0.15) is 0 Å². The van der Waals surface area contributed by atoms with Crippen LogP contribution in [0.5, 0.6) is 11.5 Å². The van der Waals surface area contributed by atoms with E-state index in [0.717, 1.165) is 46.9 Å². The van der Waals surface area contributed by atoms with E-state index < -0.39 is 0 Å². The minimum atomic E-state index is 0.0370. The summed E-state index contributed by atoms with van der Waals surface area (Å²) < 4.78 is 14.1. The Hall–Kier alpha value is -4.31. The molecule has 0 saturated heterocycles. The van der Waals surface area contributed by atoms with Crippen LogP contribution in [0.1, 0.15) is 41.8 Å². The highest BCUT2D eigenvalue weighted by molar-refractivity contribution is 5.76. The molecule has 0 aliphatic heterocycles. The predicted molar refractivity (Wildman–Crippen MR) is 151 cm³/mol. The molecule has 0 N–H and O–H groups in total. The van der Waals surface area contributed by atoms with Crippen LogP contribution in [0.15, 0.2) is 109 Å². The van der Waals surface area contributed by atoms with Crippen molar-refractivity contribution in [2.75, 3.05) is 13.7 Å². The Morgan fingerprint density at radius 1 is 0.811 bits per heavy atom. The molecule has 0 unspecified atom stereocenters. The van der Waals surface area contributed by atoms with Crippen molar-refractivity contribution in [1.29, 1.82) is 0 Å². The van der Waals surface area contributed by atoms with Crippen molar-refractivity contribution in [3.63, 3.8) is 0 Å². The van der Waals surface area contributed by atoms with E-state index in [1.165, 1.54) is 11.1 Å². The standard InChI is InChI=1S/C33H32N2O2/c1-3-13-25-20-21-30(31(24-25)36-2)37-23-12-22-35-29-19-11-10-18-28(29)34-33(35)32(26-14-6-4-7-15-26)27-16-8-5-9-17-27/h3-11,13-21,24,32H,12,22-23H2,1-2H3/b13-3+. The summed E-state index contributed by atoms with van der Waals surface area (Å²) in [5.41, 5.74) is 5.70. The van der Waals surface area contributed by atoms with Crippen molar-refractivity contribution < 1.29 is 9.47 Å². The molecule has 0 fully saturated rings. The normalized spacial score (nSPS) is 11.4. The zero-order valence-corrected chi connectivity index (χ0v) is 21.4. The second-order valence-electron chi connectivity index (χ2n) is 8.98. The first-order valence-electron chi connectivity index (χ1n) is 12.8. The van der Waals surface area contributed by atoms with Gasteiger partial charge in [0, 0.05) is 6.54 Å². The smallest absolute Gasteiger partial charge is 0.161 e. The SMILES string of the molecule is C/C=C/c1ccc(OCCCn2c(C(c3ccccc3)c3ccccc3)nc3ccccc32)c(OC)c1. The number of benzene rings is 4. The molecule has 0 aliphatic rings. The first-order valence-corrected chi connectivity index (χ1v) is 12.8. The van der Waals surface area contributed by atoms with Crippen LogP contribution in [0.4, 0.5) is 0 Å². The Labute approximate surface area is 218 Å². The van der Waals surface area contributed by atoms with Crippen LogP contribution in [0.2, 0.25) is 0 Å². The minimum Gasteiger partial charge on any atom is -0.493 e. The molecule has 186 valence electrons. The number of aryl methyl sites for hydroxylation is 1. The van der Waals surface area contributed by atoms with Gasteiger partial charge >= 0.3 is 0 Å². The molecule has 0 atom stereocenters. The van der Waals surface area contributed by atoms with Gasteiger partial charge < -0.3 is 14.0 Å². The highest BCUT2D eigenvalue weighted by Gasteiger charge is 2.23. The van der Waals surface area contributed by atoms with Gasteiger partial charge in [-0.15, -0.1) is 0 Å². The molecule has 0 spiro atoms. The van der Waals surface area contributed by atoms with Gasteiger partial charge in [-0.3, -0.25) is 0 Å². The number of methoxy groups -OCH3 is 1. The molecule has 1 heterocycles. The van der Waals surface area contributed by atoms with Crippen molar-refractivity contribution in [3.8, 4) is 11.5 Å². The van der Waals surface area contributed by atoms with E-state index >= 15 is 0 Å². The van der Waals surface area contributed by atoms with E-state index in [2.05, 4.69) is 89.5 Å². The number of hydrogen-bond donors (Lipinski definition) is 0. The number of nitrogens with zero attached hydrogens (tertiary/aromatic N) is 2. The van der Waals surface area contributed by atoms with E-state index in [-0.39, 0.29) is 5.92 Å². The zero-order valence-electron chi connectivity index (χ0n) is 21.4. The second kappa shape index (κ2) is 11.6. The van der Waals surface area contributed by atoms with Crippen LogP contribution in [-0.4, -0.2) is 23.3 Å². The fraction of sp³-hybridized carbons (Fsp3) is 0.182. The minimum absolute atomic E-state index is 0.0370. The Morgan fingerprint density at radius 2 is 1.49 bits per heavy atom. The van der Waals surface area contributed by atoms with E-state index in [9.17, 15) is 0 Å². The predicted octanol–water partition coefficient (Wildman–Crippen LogP) is 7.73. The van der Waals surface area contributed by atoms with Crippen molar-refractivity contribution >= 4 is 17.1 Å². The average Bonchev–Trinajstić information content (AvgIpc) is 3.31. The lowest BCUT2D eigenvalue weighted by Crippen LogP contribution is -2.13. The maximum Gasteiger partial charge on any atom is 0.161 e. The van der Waals surface area contributed by atoms with Crippen LogP contribution in [0.25, 0.3) is 17.1 Å². The number of imidazole rings is 1. The number of fused-ring (bicyclic) bond motifs is 1. The summed E-state index contributed by atoms with van der Waals surface area (Å²) in [7, 11) is 1.68. The van der Waals surface area contributed by atoms with Crippen molar-refractivity contribution in [3.05, 3.63) is 132 Å². The molecule has 4 aromatic carbocycles. The van der Waals surface area contributed by atoms with Gasteiger partial charge in [0.2, 0.25) is 0 Å². The first-order chi connectivity index (χ1) is 18.3. The van der Waals surface area contributed by atoms with Gasteiger partial charge in [0.25, 0.3) is 0 Å². The summed E-state index contributed by atoms with van der Waals surface area (Å²) >= 11 is 0.